The first kappa shape index (κ1) is 19.8. The van der Waals surface area contributed by atoms with Crippen LogP contribution < -0.4 is 10.6 Å². The molecule has 26 heavy (non-hydrogen) atoms. The fourth-order valence-corrected chi connectivity index (χ4v) is 3.12. The molecule has 2 aromatic carbocycles. The normalized spacial score (nSPS) is 12.9. The Kier molecular flexibility index (Phi) is 6.32. The molecule has 4 nitrogen and oxygen atoms in total. The summed E-state index contributed by atoms with van der Waals surface area (Å²) < 4.78 is 26.6. The lowest BCUT2D eigenvalue weighted by Gasteiger charge is -2.30. The van der Waals surface area contributed by atoms with E-state index in [2.05, 4.69) is 0 Å². The van der Waals surface area contributed by atoms with Crippen LogP contribution in [0.2, 0.25) is 0 Å². The molecule has 138 valence electrons. The number of nitrogens with two attached hydrogens (primary N) is 1. The van der Waals surface area contributed by atoms with Crippen LogP contribution in [0.3, 0.4) is 0 Å². The number of hydrogen-bond donors (Lipinski definition) is 1. The van der Waals surface area contributed by atoms with Crippen LogP contribution in [0, 0.1) is 11.6 Å². The molecular weight excluding hydrogens is 362 g/mol. The molecule has 2 N–H and O–H groups in total. The molecule has 0 fully saturated rings. The topological polar surface area (TPSA) is 63.4 Å². The van der Waals surface area contributed by atoms with Crippen molar-refractivity contribution in [2.45, 2.75) is 25.7 Å². The number of nitrogens with zero attached hydrogens (tertiary/aromatic N) is 1. The lowest BCUT2D eigenvalue weighted by Crippen LogP contribution is -2.35. The first-order valence-corrected chi connectivity index (χ1v) is 8.13. The van der Waals surface area contributed by atoms with Gasteiger partial charge in [-0.1, -0.05) is 6.07 Å². The van der Waals surface area contributed by atoms with Crippen LogP contribution in [0.15, 0.2) is 36.4 Å². The van der Waals surface area contributed by atoms with Crippen molar-refractivity contribution < 1.29 is 18.4 Å². The Morgan fingerprint density at radius 2 is 1.88 bits per heavy atom. The smallest absolute Gasteiger partial charge is 0.227 e. The zero-order chi connectivity index (χ0) is 18.0. The molecule has 7 heteroatoms. The summed E-state index contributed by atoms with van der Waals surface area (Å²) in [4.78, 5) is 26.3. The van der Waals surface area contributed by atoms with Crippen molar-refractivity contribution >= 4 is 35.5 Å². The second-order valence-corrected chi connectivity index (χ2v) is 6.04. The van der Waals surface area contributed by atoms with Gasteiger partial charge in [0.1, 0.15) is 11.6 Å². The monoisotopic (exact) mass is 380 g/mol. The van der Waals surface area contributed by atoms with E-state index >= 15 is 0 Å². The molecule has 1 amide bonds. The highest BCUT2D eigenvalue weighted by molar-refractivity contribution is 6.01. The molecule has 0 saturated carbocycles. The fourth-order valence-electron chi connectivity index (χ4n) is 3.12. The number of anilines is 2. The summed E-state index contributed by atoms with van der Waals surface area (Å²) in [6.45, 7) is 0.564. The van der Waals surface area contributed by atoms with Crippen molar-refractivity contribution in [2.24, 2.45) is 0 Å². The van der Waals surface area contributed by atoms with E-state index in [1.807, 2.05) is 6.07 Å². The third-order valence-corrected chi connectivity index (χ3v) is 4.39. The third-order valence-electron chi connectivity index (χ3n) is 4.39. The van der Waals surface area contributed by atoms with Crippen LogP contribution in [0.1, 0.15) is 35.2 Å². The Bertz CT molecular complexity index is 842. The van der Waals surface area contributed by atoms with Gasteiger partial charge in [0.15, 0.2) is 5.78 Å². The minimum absolute atomic E-state index is 0. The number of carbonyl (C=O) groups is 2. The summed E-state index contributed by atoms with van der Waals surface area (Å²) in [5.74, 6) is -2.38. The molecular formula is C19H19ClF2N2O2. The summed E-state index contributed by atoms with van der Waals surface area (Å²) in [5, 5.41) is 0. The Morgan fingerprint density at radius 3 is 2.62 bits per heavy atom. The highest BCUT2D eigenvalue weighted by Crippen LogP contribution is 2.31. The van der Waals surface area contributed by atoms with Gasteiger partial charge < -0.3 is 10.6 Å². The zero-order valence-electron chi connectivity index (χ0n) is 14.0. The van der Waals surface area contributed by atoms with E-state index in [0.717, 1.165) is 36.2 Å². The van der Waals surface area contributed by atoms with Gasteiger partial charge in [0.05, 0.1) is 5.56 Å². The largest absolute Gasteiger partial charge is 0.398 e. The molecule has 0 spiro atoms. The Balaban J connectivity index is 0.00000243. The van der Waals surface area contributed by atoms with E-state index < -0.39 is 17.4 Å². The Hall–Kier alpha value is -2.47. The van der Waals surface area contributed by atoms with Crippen molar-refractivity contribution in [3.63, 3.8) is 0 Å². The zero-order valence-corrected chi connectivity index (χ0v) is 14.8. The summed E-state index contributed by atoms with van der Waals surface area (Å²) in [6.07, 6.45) is 1.44. The number of ketones is 1. The van der Waals surface area contributed by atoms with Gasteiger partial charge in [0.2, 0.25) is 5.91 Å². The maximum absolute atomic E-state index is 13.7. The maximum atomic E-state index is 13.7. The second-order valence-electron chi connectivity index (χ2n) is 6.04. The number of fused-ring (bicyclic) bond motifs is 1. The van der Waals surface area contributed by atoms with Crippen molar-refractivity contribution in [2.75, 3.05) is 17.2 Å². The number of Topliss-reactive ketones (excluding diaryl/α,β-unsaturated/α-hetero) is 1. The molecule has 0 saturated heterocycles. The van der Waals surface area contributed by atoms with Gasteiger partial charge in [0.25, 0.3) is 0 Å². The third kappa shape index (κ3) is 4.02. The first-order chi connectivity index (χ1) is 12.0. The van der Waals surface area contributed by atoms with E-state index in [1.165, 1.54) is 0 Å². The van der Waals surface area contributed by atoms with Crippen molar-refractivity contribution in [3.8, 4) is 0 Å². The molecule has 0 atom stereocenters. The lowest BCUT2D eigenvalue weighted by molar-refractivity contribution is -0.118. The number of rotatable bonds is 4. The summed E-state index contributed by atoms with van der Waals surface area (Å²) in [5.41, 5.74) is 8.14. The quantitative estimate of drug-likeness (QED) is 0.646. The van der Waals surface area contributed by atoms with Gasteiger partial charge in [-0.25, -0.2) is 8.78 Å². The minimum atomic E-state index is -0.909. The predicted octanol–water partition coefficient (Wildman–Crippen LogP) is 3.91. The van der Waals surface area contributed by atoms with Crippen LogP contribution in [0.25, 0.3) is 0 Å². The van der Waals surface area contributed by atoms with E-state index in [-0.39, 0.29) is 36.7 Å². The maximum Gasteiger partial charge on any atom is 0.227 e. The van der Waals surface area contributed by atoms with Gasteiger partial charge in [-0.3, -0.25) is 9.59 Å². The van der Waals surface area contributed by atoms with Crippen LogP contribution >= 0.6 is 12.4 Å². The molecule has 0 aliphatic carbocycles. The van der Waals surface area contributed by atoms with E-state index in [4.69, 9.17) is 5.73 Å². The first-order valence-electron chi connectivity index (χ1n) is 8.13. The van der Waals surface area contributed by atoms with Gasteiger partial charge in [-0.2, -0.15) is 0 Å². The Morgan fingerprint density at radius 1 is 1.12 bits per heavy atom. The minimum Gasteiger partial charge on any atom is -0.398 e. The standard InChI is InChI=1S/C19H18F2N2O2.ClH/c20-12-6-7-13(15(21)11-12)18(24)8-9-19(25)23-10-2-3-14-16(22)4-1-5-17(14)23;/h1,4-7,11H,2-3,8-10,22H2;1H. The molecule has 1 aliphatic rings. The van der Waals surface area contributed by atoms with Crippen LogP contribution in [0.4, 0.5) is 20.2 Å². The molecule has 0 unspecified atom stereocenters. The van der Waals surface area contributed by atoms with E-state index in [0.29, 0.717) is 18.3 Å². The van der Waals surface area contributed by atoms with Crippen LogP contribution in [-0.4, -0.2) is 18.2 Å². The van der Waals surface area contributed by atoms with Gasteiger partial charge >= 0.3 is 0 Å². The number of nitrogen functional groups attached to an aromatic ring is 1. The van der Waals surface area contributed by atoms with Gasteiger partial charge in [-0.15, -0.1) is 12.4 Å². The highest BCUT2D eigenvalue weighted by atomic mass is 35.5. The summed E-state index contributed by atoms with van der Waals surface area (Å²) >= 11 is 0. The van der Waals surface area contributed by atoms with E-state index in [9.17, 15) is 18.4 Å². The fraction of sp³-hybridized carbons (Fsp3) is 0.263. The van der Waals surface area contributed by atoms with Gasteiger partial charge in [0, 0.05) is 36.8 Å². The molecule has 0 bridgehead atoms. The van der Waals surface area contributed by atoms with Gasteiger partial charge in [-0.05, 0) is 42.7 Å². The SMILES string of the molecule is Cl.Nc1cccc2c1CCCN2C(=O)CCC(=O)c1ccc(F)cc1F. The number of benzene rings is 2. The number of halogens is 3. The average Bonchev–Trinajstić information content (AvgIpc) is 2.59. The van der Waals surface area contributed by atoms with Crippen molar-refractivity contribution in [3.05, 3.63) is 59.2 Å². The Labute approximate surface area is 156 Å². The molecule has 2 aromatic rings. The second kappa shape index (κ2) is 8.27. The predicted molar refractivity (Wildman–Crippen MR) is 98.7 cm³/mol. The average molecular weight is 381 g/mol. The molecule has 1 aliphatic heterocycles. The number of carbonyl (C=O) groups excluding carboxylic acids is 2. The summed E-state index contributed by atoms with van der Waals surface area (Å²) in [7, 11) is 0. The molecule has 3 rings (SSSR count). The van der Waals surface area contributed by atoms with Crippen LogP contribution in [-0.2, 0) is 11.2 Å². The van der Waals surface area contributed by atoms with Crippen molar-refractivity contribution in [1.82, 2.24) is 0 Å². The number of hydrogen-bond acceptors (Lipinski definition) is 3. The summed E-state index contributed by atoms with van der Waals surface area (Å²) in [6, 6.07) is 8.23. The number of amides is 1. The van der Waals surface area contributed by atoms with Crippen LogP contribution in [0.5, 0.6) is 0 Å². The lowest BCUT2D eigenvalue weighted by atomic mass is 9.99. The molecule has 0 radical (unpaired) electrons. The van der Waals surface area contributed by atoms with E-state index in [1.54, 1.807) is 17.0 Å². The molecule has 1 heterocycles. The highest BCUT2D eigenvalue weighted by Gasteiger charge is 2.24. The molecule has 0 aromatic heterocycles. The van der Waals surface area contributed by atoms with Crippen molar-refractivity contribution in [1.29, 1.82) is 0 Å².